The number of rotatable bonds is 2. The number of hydrogen-bond acceptors (Lipinski definition) is 4. The highest BCUT2D eigenvalue weighted by Gasteiger charge is 2.62. The molecule has 0 saturated carbocycles. The molecule has 1 atom stereocenters. The van der Waals surface area contributed by atoms with E-state index >= 15 is 0 Å². The lowest BCUT2D eigenvalue weighted by Crippen LogP contribution is -2.56. The smallest absolute Gasteiger partial charge is 0.362 e. The Morgan fingerprint density at radius 1 is 1.40 bits per heavy atom. The lowest BCUT2D eigenvalue weighted by molar-refractivity contribution is -0.297. The maximum Gasteiger partial charge on any atom is 0.438 e. The van der Waals surface area contributed by atoms with Gasteiger partial charge in [-0.3, -0.25) is 9.89 Å². The third-order valence-electron chi connectivity index (χ3n) is 3.70. The molecular formula is C15H12BrF3N4O2. The van der Waals surface area contributed by atoms with Crippen LogP contribution in [0.1, 0.15) is 23.8 Å². The van der Waals surface area contributed by atoms with E-state index < -0.39 is 24.2 Å². The number of nitrogens with zero attached hydrogens (tertiary/aromatic N) is 3. The van der Waals surface area contributed by atoms with Crippen LogP contribution in [0.5, 0.6) is 0 Å². The van der Waals surface area contributed by atoms with Gasteiger partial charge in [-0.05, 0) is 25.1 Å². The summed E-state index contributed by atoms with van der Waals surface area (Å²) in [6.45, 7) is 1.31. The molecular weight excluding hydrogens is 405 g/mol. The molecule has 132 valence electrons. The van der Waals surface area contributed by atoms with Crippen LogP contribution < -0.4 is 0 Å². The molecule has 0 spiro atoms. The van der Waals surface area contributed by atoms with Gasteiger partial charge in [0.25, 0.3) is 11.6 Å². The summed E-state index contributed by atoms with van der Waals surface area (Å²) in [7, 11) is 0. The Balaban J connectivity index is 1.94. The minimum atomic E-state index is -5.04. The summed E-state index contributed by atoms with van der Waals surface area (Å²) in [6.07, 6.45) is -5.84. The molecule has 1 aliphatic heterocycles. The van der Waals surface area contributed by atoms with Gasteiger partial charge in [0.2, 0.25) is 0 Å². The lowest BCUT2D eigenvalue weighted by Gasteiger charge is -2.32. The van der Waals surface area contributed by atoms with E-state index in [9.17, 15) is 23.1 Å². The Morgan fingerprint density at radius 2 is 2.12 bits per heavy atom. The monoisotopic (exact) mass is 416 g/mol. The molecule has 1 aliphatic rings. The number of carbonyl (C=O) groups excluding carboxylic acids is 1. The molecule has 1 unspecified atom stereocenters. The molecule has 2 aromatic rings. The first-order chi connectivity index (χ1) is 11.6. The van der Waals surface area contributed by atoms with Crippen LogP contribution in [-0.2, 0) is 0 Å². The van der Waals surface area contributed by atoms with E-state index in [1.165, 1.54) is 13.0 Å². The van der Waals surface area contributed by atoms with Gasteiger partial charge in [0, 0.05) is 22.2 Å². The zero-order valence-corrected chi connectivity index (χ0v) is 14.4. The van der Waals surface area contributed by atoms with Gasteiger partial charge < -0.3 is 5.11 Å². The largest absolute Gasteiger partial charge is 0.438 e. The molecule has 0 aliphatic carbocycles. The third kappa shape index (κ3) is 3.07. The SMILES string of the molecule is CC1=NN(C(=O)c2cc(-c3cccc(Br)c3)n[nH]2)C(O)(C(F)(F)F)C1. The van der Waals surface area contributed by atoms with E-state index in [0.717, 1.165) is 4.47 Å². The van der Waals surface area contributed by atoms with Crippen LogP contribution in [-0.4, -0.2) is 43.8 Å². The number of aromatic amines is 1. The maximum absolute atomic E-state index is 13.2. The zero-order valence-electron chi connectivity index (χ0n) is 12.8. The normalized spacial score (nSPS) is 20.7. The van der Waals surface area contributed by atoms with Gasteiger partial charge >= 0.3 is 6.18 Å². The minimum absolute atomic E-state index is 0.0000891. The standard InChI is InChI=1S/C15H12BrF3N4O2/c1-8-7-14(25,15(17,18)19)23(22-8)13(24)12-6-11(20-21-12)9-3-2-4-10(16)5-9/h2-6,25H,7H2,1H3,(H,20,21). The third-order valence-corrected chi connectivity index (χ3v) is 4.19. The Hall–Kier alpha value is -2.20. The molecule has 2 N–H and O–H groups in total. The number of alkyl halides is 3. The van der Waals surface area contributed by atoms with Gasteiger partial charge in [-0.15, -0.1) is 0 Å². The topological polar surface area (TPSA) is 81.6 Å². The second-order valence-electron chi connectivity index (χ2n) is 5.62. The number of halogens is 4. The van der Waals surface area contributed by atoms with Crippen LogP contribution in [0.25, 0.3) is 11.3 Å². The molecule has 1 aromatic carbocycles. The summed E-state index contributed by atoms with van der Waals surface area (Å²) in [5.74, 6) is -1.12. The highest BCUT2D eigenvalue weighted by atomic mass is 79.9. The molecule has 0 fully saturated rings. The lowest BCUT2D eigenvalue weighted by atomic mass is 10.1. The highest BCUT2D eigenvalue weighted by molar-refractivity contribution is 9.10. The van der Waals surface area contributed by atoms with Crippen LogP contribution in [0.3, 0.4) is 0 Å². The van der Waals surface area contributed by atoms with E-state index in [1.807, 2.05) is 0 Å². The number of carbonyl (C=O) groups is 1. The van der Waals surface area contributed by atoms with Crippen molar-refractivity contribution in [2.75, 3.05) is 0 Å². The van der Waals surface area contributed by atoms with E-state index in [2.05, 4.69) is 31.2 Å². The van der Waals surface area contributed by atoms with Crippen molar-refractivity contribution in [1.29, 1.82) is 0 Å². The van der Waals surface area contributed by atoms with Crippen molar-refractivity contribution in [3.63, 3.8) is 0 Å². The Labute approximate surface area is 148 Å². The predicted octanol–water partition coefficient (Wildman–Crippen LogP) is 3.31. The van der Waals surface area contributed by atoms with Crippen molar-refractivity contribution in [2.24, 2.45) is 5.10 Å². The summed E-state index contributed by atoms with van der Waals surface area (Å²) >= 11 is 3.30. The fraction of sp³-hybridized carbons (Fsp3) is 0.267. The average molecular weight is 417 g/mol. The molecule has 1 aromatic heterocycles. The van der Waals surface area contributed by atoms with E-state index in [-0.39, 0.29) is 16.4 Å². The quantitative estimate of drug-likeness (QED) is 0.787. The molecule has 6 nitrogen and oxygen atoms in total. The zero-order chi connectivity index (χ0) is 18.4. The molecule has 25 heavy (non-hydrogen) atoms. The second-order valence-corrected chi connectivity index (χ2v) is 6.54. The molecule has 3 rings (SSSR count). The van der Waals surface area contributed by atoms with Gasteiger partial charge in [0.15, 0.2) is 0 Å². The van der Waals surface area contributed by atoms with Crippen LogP contribution >= 0.6 is 15.9 Å². The van der Waals surface area contributed by atoms with Crippen LogP contribution in [0.2, 0.25) is 0 Å². The van der Waals surface area contributed by atoms with Crippen LogP contribution in [0.4, 0.5) is 13.2 Å². The Bertz CT molecular complexity index is 864. The average Bonchev–Trinajstić information content (AvgIpc) is 3.11. The number of amides is 1. The van der Waals surface area contributed by atoms with Gasteiger partial charge in [-0.25, -0.2) is 0 Å². The molecule has 1 amide bonds. The van der Waals surface area contributed by atoms with Gasteiger partial charge in [-0.1, -0.05) is 28.1 Å². The van der Waals surface area contributed by atoms with Crippen LogP contribution in [0, 0.1) is 0 Å². The van der Waals surface area contributed by atoms with Crippen molar-refractivity contribution in [3.05, 3.63) is 40.5 Å². The molecule has 0 bridgehead atoms. The summed E-state index contributed by atoms with van der Waals surface area (Å²) in [5.41, 5.74) is -2.54. The predicted molar refractivity (Wildman–Crippen MR) is 86.6 cm³/mol. The minimum Gasteiger partial charge on any atom is -0.362 e. The summed E-state index contributed by atoms with van der Waals surface area (Å²) < 4.78 is 40.4. The Kier molecular flexibility index (Phi) is 4.20. The summed E-state index contributed by atoms with van der Waals surface area (Å²) in [5, 5.41) is 19.9. The molecule has 0 saturated heterocycles. The highest BCUT2D eigenvalue weighted by Crippen LogP contribution is 2.40. The fourth-order valence-corrected chi connectivity index (χ4v) is 2.89. The maximum atomic E-state index is 13.2. The van der Waals surface area contributed by atoms with Gasteiger partial charge in [0.05, 0.1) is 5.69 Å². The number of nitrogens with one attached hydrogen (secondary N) is 1. The molecule has 0 radical (unpaired) electrons. The molecule has 10 heteroatoms. The Morgan fingerprint density at radius 3 is 2.76 bits per heavy atom. The van der Waals surface area contributed by atoms with Gasteiger partial charge in [-0.2, -0.15) is 28.4 Å². The van der Waals surface area contributed by atoms with E-state index in [4.69, 9.17) is 0 Å². The number of benzene rings is 1. The summed E-state index contributed by atoms with van der Waals surface area (Å²) in [6, 6.07) is 8.34. The van der Waals surface area contributed by atoms with Crippen molar-refractivity contribution in [2.45, 2.75) is 25.2 Å². The number of hydrogen-bond donors (Lipinski definition) is 2. The first-order valence-corrected chi connectivity index (χ1v) is 7.90. The molecule has 2 heterocycles. The second kappa shape index (κ2) is 5.95. The van der Waals surface area contributed by atoms with Crippen molar-refractivity contribution < 1.29 is 23.1 Å². The fourth-order valence-electron chi connectivity index (χ4n) is 2.50. The number of aliphatic hydroxyl groups is 1. The van der Waals surface area contributed by atoms with Crippen LogP contribution in [0.15, 0.2) is 39.9 Å². The van der Waals surface area contributed by atoms with Crippen molar-refractivity contribution in [3.8, 4) is 11.3 Å². The van der Waals surface area contributed by atoms with Gasteiger partial charge in [0.1, 0.15) is 5.69 Å². The van der Waals surface area contributed by atoms with Crippen molar-refractivity contribution in [1.82, 2.24) is 15.2 Å². The summed E-state index contributed by atoms with van der Waals surface area (Å²) in [4.78, 5) is 12.4. The number of hydrazone groups is 1. The van der Waals surface area contributed by atoms with E-state index in [1.54, 1.807) is 24.3 Å². The van der Waals surface area contributed by atoms with E-state index in [0.29, 0.717) is 11.3 Å². The van der Waals surface area contributed by atoms with Crippen molar-refractivity contribution >= 4 is 27.5 Å². The number of H-pyrrole nitrogens is 1. The first kappa shape index (κ1) is 17.6. The number of aromatic nitrogens is 2. The first-order valence-electron chi connectivity index (χ1n) is 7.11.